The van der Waals surface area contributed by atoms with Crippen molar-refractivity contribution in [3.63, 3.8) is 0 Å². The second-order valence-electron chi connectivity index (χ2n) is 6.45. The Morgan fingerprint density at radius 3 is 1.38 bits per heavy atom. The normalized spacial score (nSPS) is 25.2. The predicted molar refractivity (Wildman–Crippen MR) is 80.4 cm³/mol. The van der Waals surface area contributed by atoms with E-state index in [1.807, 2.05) is 0 Å². The smallest absolute Gasteiger partial charge is 0.194 e. The minimum absolute atomic E-state index is 0.198. The summed E-state index contributed by atoms with van der Waals surface area (Å²) in [6.45, 7) is 14.3. The molecule has 1 heterocycles. The van der Waals surface area contributed by atoms with Crippen molar-refractivity contribution in [2.45, 2.75) is 65.5 Å². The molecule has 1 aliphatic heterocycles. The predicted octanol–water partition coefficient (Wildman–Crippen LogP) is 2.87. The molecule has 1 saturated heterocycles. The second-order valence-corrected chi connectivity index (χ2v) is 12.2. The topological polar surface area (TPSA) is 6.48 Å². The van der Waals surface area contributed by atoms with Gasteiger partial charge in [0.05, 0.1) is 0 Å². The molecule has 1 aliphatic rings. The SMILES string of the molecule is CCC(C)(C)N1[SiH2]N(C(C)(C)CC)S1(C)C. The maximum absolute atomic E-state index is 2.84. The summed E-state index contributed by atoms with van der Waals surface area (Å²) in [6, 6.07) is 0. The van der Waals surface area contributed by atoms with Crippen LogP contribution in [-0.4, -0.2) is 41.4 Å². The monoisotopic (exact) mass is 262 g/mol. The van der Waals surface area contributed by atoms with Gasteiger partial charge in [0, 0.05) is 11.1 Å². The molecule has 0 aromatic carbocycles. The summed E-state index contributed by atoms with van der Waals surface area (Å²) in [4.78, 5) is 0. The quantitative estimate of drug-likeness (QED) is 0.719. The van der Waals surface area contributed by atoms with Crippen LogP contribution in [0.4, 0.5) is 0 Å². The first-order valence-electron chi connectivity index (χ1n) is 6.38. The molecular formula is C12H30N2SSi. The highest BCUT2D eigenvalue weighted by Crippen LogP contribution is 2.62. The lowest BCUT2D eigenvalue weighted by atomic mass is 10.0. The lowest BCUT2D eigenvalue weighted by Crippen LogP contribution is -2.69. The van der Waals surface area contributed by atoms with Gasteiger partial charge in [-0.25, -0.2) is 0 Å². The zero-order valence-corrected chi connectivity index (χ0v) is 14.7. The third kappa shape index (κ3) is 2.22. The summed E-state index contributed by atoms with van der Waals surface area (Å²) < 4.78 is 5.69. The fourth-order valence-corrected chi connectivity index (χ4v) is 9.64. The number of hydrogen-bond donors (Lipinski definition) is 0. The molecule has 0 aliphatic carbocycles. The Morgan fingerprint density at radius 1 is 0.875 bits per heavy atom. The number of hydrogen-bond acceptors (Lipinski definition) is 2. The van der Waals surface area contributed by atoms with Crippen LogP contribution in [0.2, 0.25) is 0 Å². The van der Waals surface area contributed by atoms with Crippen LogP contribution in [0, 0.1) is 0 Å². The van der Waals surface area contributed by atoms with Crippen molar-refractivity contribution in [1.82, 2.24) is 7.94 Å². The minimum Gasteiger partial charge on any atom is -0.263 e. The maximum atomic E-state index is 2.84. The van der Waals surface area contributed by atoms with Crippen LogP contribution in [0.5, 0.6) is 0 Å². The Hall–Kier alpha value is 0.487. The summed E-state index contributed by atoms with van der Waals surface area (Å²) >= 11 is 0. The van der Waals surface area contributed by atoms with Gasteiger partial charge in [0.1, 0.15) is 0 Å². The molecule has 98 valence electrons. The molecule has 0 unspecified atom stereocenters. The van der Waals surface area contributed by atoms with E-state index in [4.69, 9.17) is 0 Å². The fourth-order valence-electron chi connectivity index (χ4n) is 2.40. The van der Waals surface area contributed by atoms with Crippen molar-refractivity contribution in [1.29, 1.82) is 0 Å². The van der Waals surface area contributed by atoms with Crippen LogP contribution in [0.1, 0.15) is 54.4 Å². The third-order valence-corrected chi connectivity index (χ3v) is 14.3. The molecule has 0 aromatic heterocycles. The van der Waals surface area contributed by atoms with Crippen molar-refractivity contribution < 1.29 is 0 Å². The van der Waals surface area contributed by atoms with Crippen LogP contribution in [0.25, 0.3) is 0 Å². The molecule has 0 radical (unpaired) electrons. The zero-order chi connectivity index (χ0) is 12.8. The van der Waals surface area contributed by atoms with Gasteiger partial charge in [0.25, 0.3) is 0 Å². The molecule has 0 aromatic rings. The first-order chi connectivity index (χ1) is 7.09. The van der Waals surface area contributed by atoms with Crippen LogP contribution in [0.15, 0.2) is 0 Å². The minimum atomic E-state index is -0.674. The van der Waals surface area contributed by atoms with Gasteiger partial charge >= 0.3 is 0 Å². The van der Waals surface area contributed by atoms with E-state index >= 15 is 0 Å². The van der Waals surface area contributed by atoms with Crippen LogP contribution in [0.3, 0.4) is 0 Å². The molecule has 1 rings (SSSR count). The van der Waals surface area contributed by atoms with E-state index in [2.05, 4.69) is 62.0 Å². The van der Waals surface area contributed by atoms with Crippen molar-refractivity contribution >= 4 is 20.2 Å². The standard InChI is InChI=1S/C12H30N2SSi/c1-9-11(3,4)13-15(7,8)14(16-13)12(5,6)10-2/h9-10,16H2,1-8H3. The third-order valence-electron chi connectivity index (χ3n) is 4.42. The van der Waals surface area contributed by atoms with Crippen molar-refractivity contribution in [2.24, 2.45) is 0 Å². The zero-order valence-electron chi connectivity index (χ0n) is 12.4. The van der Waals surface area contributed by atoms with E-state index in [1.54, 1.807) is 0 Å². The molecule has 0 atom stereocenters. The number of rotatable bonds is 4. The van der Waals surface area contributed by atoms with Gasteiger partial charge in [0.2, 0.25) is 0 Å². The molecule has 16 heavy (non-hydrogen) atoms. The highest BCUT2D eigenvalue weighted by atomic mass is 32.3. The van der Waals surface area contributed by atoms with E-state index in [1.165, 1.54) is 12.8 Å². The molecular weight excluding hydrogens is 232 g/mol. The molecule has 0 amide bonds. The van der Waals surface area contributed by atoms with Crippen LogP contribution >= 0.6 is 10.4 Å². The van der Waals surface area contributed by atoms with Gasteiger partial charge in [-0.1, -0.05) is 13.8 Å². The van der Waals surface area contributed by atoms with E-state index in [0.717, 1.165) is 0 Å². The average molecular weight is 263 g/mol. The lowest BCUT2D eigenvalue weighted by molar-refractivity contribution is 0.237. The molecule has 0 N–H and O–H groups in total. The van der Waals surface area contributed by atoms with Crippen molar-refractivity contribution in [3.8, 4) is 0 Å². The van der Waals surface area contributed by atoms with Gasteiger partial charge in [0.15, 0.2) is 9.84 Å². The fraction of sp³-hybridized carbons (Fsp3) is 1.00. The molecule has 4 heteroatoms. The van der Waals surface area contributed by atoms with Crippen LogP contribution < -0.4 is 0 Å². The van der Waals surface area contributed by atoms with Gasteiger partial charge in [-0.05, 0) is 53.0 Å². The largest absolute Gasteiger partial charge is 0.263 e. The molecule has 1 fully saturated rings. The first-order valence-corrected chi connectivity index (χ1v) is 10.0. The summed E-state index contributed by atoms with van der Waals surface area (Å²) in [5.41, 5.74) is 0.816. The van der Waals surface area contributed by atoms with Gasteiger partial charge in [-0.15, -0.1) is 10.4 Å². The van der Waals surface area contributed by atoms with E-state index in [9.17, 15) is 0 Å². The van der Waals surface area contributed by atoms with Gasteiger partial charge in [-0.2, -0.15) is 0 Å². The second kappa shape index (κ2) is 4.30. The van der Waals surface area contributed by atoms with E-state index in [-0.39, 0.29) is 9.84 Å². The van der Waals surface area contributed by atoms with Crippen LogP contribution in [-0.2, 0) is 0 Å². The molecule has 2 nitrogen and oxygen atoms in total. The van der Waals surface area contributed by atoms with Gasteiger partial charge in [-0.3, -0.25) is 7.94 Å². The first kappa shape index (κ1) is 14.5. The Labute approximate surface area is 106 Å². The summed E-state index contributed by atoms with van der Waals surface area (Å²) in [5, 5.41) is 0. The van der Waals surface area contributed by atoms with Gasteiger partial charge < -0.3 is 0 Å². The molecule has 0 saturated carbocycles. The Kier molecular flexibility index (Phi) is 3.91. The van der Waals surface area contributed by atoms with E-state index in [0.29, 0.717) is 11.1 Å². The summed E-state index contributed by atoms with van der Waals surface area (Å²) in [7, 11) is -0.872. The molecule has 0 bridgehead atoms. The highest BCUT2D eigenvalue weighted by molar-refractivity contribution is 8.32. The Bertz CT molecular complexity index is 240. The Morgan fingerprint density at radius 2 is 1.19 bits per heavy atom. The van der Waals surface area contributed by atoms with Crippen molar-refractivity contribution in [3.05, 3.63) is 0 Å². The van der Waals surface area contributed by atoms with E-state index < -0.39 is 10.4 Å². The Balaban J connectivity index is 2.82. The molecule has 0 spiro atoms. The summed E-state index contributed by atoms with van der Waals surface area (Å²) in [6.07, 6.45) is 7.46. The maximum Gasteiger partial charge on any atom is 0.194 e. The average Bonchev–Trinajstić information content (AvgIpc) is 2.15. The lowest BCUT2D eigenvalue weighted by Gasteiger charge is -2.70. The highest BCUT2D eigenvalue weighted by Gasteiger charge is 2.51. The number of nitrogens with zero attached hydrogens (tertiary/aromatic N) is 2. The van der Waals surface area contributed by atoms with Crippen molar-refractivity contribution in [2.75, 3.05) is 12.5 Å². The summed E-state index contributed by atoms with van der Waals surface area (Å²) in [5.74, 6) is 0.